The summed E-state index contributed by atoms with van der Waals surface area (Å²) >= 11 is 0. The van der Waals surface area contributed by atoms with Crippen LogP contribution in [0.15, 0.2) is 48.8 Å². The molecule has 0 aliphatic carbocycles. The van der Waals surface area contributed by atoms with Crippen LogP contribution in [0, 0.1) is 0 Å². The van der Waals surface area contributed by atoms with Crippen molar-refractivity contribution in [3.05, 3.63) is 54.4 Å². The number of nitrogens with one attached hydrogen (secondary N) is 2. The lowest BCUT2D eigenvalue weighted by Crippen LogP contribution is -2.39. The van der Waals surface area contributed by atoms with E-state index < -0.39 is 0 Å². The van der Waals surface area contributed by atoms with Gasteiger partial charge < -0.3 is 10.6 Å². The Hall–Kier alpha value is -2.36. The lowest BCUT2D eigenvalue weighted by Gasteiger charge is -2.26. The molecule has 0 saturated carbocycles. The van der Waals surface area contributed by atoms with Gasteiger partial charge in [0, 0.05) is 6.20 Å². The summed E-state index contributed by atoms with van der Waals surface area (Å²) in [6.45, 7) is 0. The van der Waals surface area contributed by atoms with Gasteiger partial charge >= 0.3 is 0 Å². The molecule has 1 amide bonds. The first kappa shape index (κ1) is 11.7. The van der Waals surface area contributed by atoms with Crippen molar-refractivity contribution in [3.63, 3.8) is 0 Å². The van der Waals surface area contributed by atoms with Gasteiger partial charge in [-0.05, 0) is 24.5 Å². The van der Waals surface area contributed by atoms with Crippen LogP contribution in [0.5, 0.6) is 0 Å². The quantitative estimate of drug-likeness (QED) is 0.883. The minimum absolute atomic E-state index is 0.0106. The lowest BCUT2D eigenvalue weighted by molar-refractivity contribution is -0.117. The molecular formula is C15H15N3O. The Kier molecular flexibility index (Phi) is 3.14. The molecule has 4 nitrogen and oxygen atoms in total. The second kappa shape index (κ2) is 5.10. The zero-order valence-electron chi connectivity index (χ0n) is 10.5. The van der Waals surface area contributed by atoms with Crippen LogP contribution in [0.4, 0.5) is 11.4 Å². The van der Waals surface area contributed by atoms with Crippen molar-refractivity contribution in [2.45, 2.75) is 18.9 Å². The average molecular weight is 253 g/mol. The Morgan fingerprint density at radius 1 is 1.11 bits per heavy atom. The first-order chi connectivity index (χ1) is 9.33. The van der Waals surface area contributed by atoms with Crippen LogP contribution in [-0.4, -0.2) is 16.9 Å². The van der Waals surface area contributed by atoms with Gasteiger partial charge in [0.2, 0.25) is 5.91 Å². The SMILES string of the molecule is O=C1Nc2cnccc2NC1CCc1ccccc1. The maximum Gasteiger partial charge on any atom is 0.246 e. The summed E-state index contributed by atoms with van der Waals surface area (Å²) in [7, 11) is 0. The van der Waals surface area contributed by atoms with E-state index in [1.807, 2.05) is 24.3 Å². The Balaban J connectivity index is 1.68. The minimum atomic E-state index is -0.185. The number of nitrogens with zero attached hydrogens (tertiary/aromatic N) is 1. The molecule has 19 heavy (non-hydrogen) atoms. The Morgan fingerprint density at radius 2 is 1.95 bits per heavy atom. The second-order valence-electron chi connectivity index (χ2n) is 4.63. The van der Waals surface area contributed by atoms with Crippen LogP contribution < -0.4 is 10.6 Å². The molecule has 0 fully saturated rings. The van der Waals surface area contributed by atoms with Crippen molar-refractivity contribution in [2.24, 2.45) is 0 Å². The summed E-state index contributed by atoms with van der Waals surface area (Å²) in [6.07, 6.45) is 5.04. The molecule has 2 N–H and O–H groups in total. The van der Waals surface area contributed by atoms with Crippen LogP contribution >= 0.6 is 0 Å². The number of rotatable bonds is 3. The third-order valence-electron chi connectivity index (χ3n) is 3.29. The molecule has 1 aromatic heterocycles. The number of hydrogen-bond acceptors (Lipinski definition) is 3. The molecule has 4 heteroatoms. The fourth-order valence-corrected chi connectivity index (χ4v) is 2.25. The molecule has 0 spiro atoms. The number of aromatic nitrogens is 1. The standard InChI is InChI=1S/C15H15N3O/c19-15-13(7-6-11-4-2-1-3-5-11)17-12-8-9-16-10-14(12)18-15/h1-5,8-10,13,17H,6-7H2,(H,18,19). The topological polar surface area (TPSA) is 54.0 Å². The summed E-state index contributed by atoms with van der Waals surface area (Å²) in [5.74, 6) is 0.0106. The van der Waals surface area contributed by atoms with E-state index in [1.165, 1.54) is 5.56 Å². The van der Waals surface area contributed by atoms with Gasteiger partial charge in [-0.25, -0.2) is 0 Å². The third kappa shape index (κ3) is 2.57. The molecule has 2 heterocycles. The van der Waals surface area contributed by atoms with E-state index in [-0.39, 0.29) is 11.9 Å². The van der Waals surface area contributed by atoms with Crippen molar-refractivity contribution < 1.29 is 4.79 Å². The Morgan fingerprint density at radius 3 is 2.79 bits per heavy atom. The summed E-state index contributed by atoms with van der Waals surface area (Å²) < 4.78 is 0. The van der Waals surface area contributed by atoms with Gasteiger partial charge in [-0.3, -0.25) is 9.78 Å². The van der Waals surface area contributed by atoms with Crippen molar-refractivity contribution in [1.82, 2.24) is 4.98 Å². The molecular weight excluding hydrogens is 238 g/mol. The fraction of sp³-hybridized carbons (Fsp3) is 0.200. The van der Waals surface area contributed by atoms with E-state index in [1.54, 1.807) is 12.4 Å². The highest BCUT2D eigenvalue weighted by Gasteiger charge is 2.24. The maximum absolute atomic E-state index is 12.0. The molecule has 1 aliphatic heterocycles. The molecule has 96 valence electrons. The molecule has 1 aromatic carbocycles. The number of benzene rings is 1. The monoisotopic (exact) mass is 253 g/mol. The van der Waals surface area contributed by atoms with Gasteiger partial charge in [-0.2, -0.15) is 0 Å². The second-order valence-corrected chi connectivity index (χ2v) is 4.63. The molecule has 0 saturated heterocycles. The van der Waals surface area contributed by atoms with Crippen molar-refractivity contribution in [1.29, 1.82) is 0 Å². The first-order valence-electron chi connectivity index (χ1n) is 6.38. The minimum Gasteiger partial charge on any atom is -0.372 e. The smallest absolute Gasteiger partial charge is 0.246 e. The largest absolute Gasteiger partial charge is 0.372 e. The molecule has 3 rings (SSSR count). The number of fused-ring (bicyclic) bond motifs is 1. The van der Waals surface area contributed by atoms with E-state index in [0.29, 0.717) is 0 Å². The van der Waals surface area contributed by atoms with Crippen molar-refractivity contribution >= 4 is 17.3 Å². The summed E-state index contributed by atoms with van der Waals surface area (Å²) in [6, 6.07) is 11.9. The Labute approximate surface area is 111 Å². The van der Waals surface area contributed by atoms with Gasteiger partial charge in [0.05, 0.1) is 17.6 Å². The highest BCUT2D eigenvalue weighted by Crippen LogP contribution is 2.26. The number of pyridine rings is 1. The summed E-state index contributed by atoms with van der Waals surface area (Å²) in [4.78, 5) is 16.0. The molecule has 0 radical (unpaired) electrons. The van der Waals surface area contributed by atoms with E-state index in [0.717, 1.165) is 24.2 Å². The number of carbonyl (C=O) groups excluding carboxylic acids is 1. The predicted octanol–water partition coefficient (Wildman–Crippen LogP) is 2.45. The van der Waals surface area contributed by atoms with E-state index >= 15 is 0 Å². The van der Waals surface area contributed by atoms with Gasteiger partial charge in [-0.1, -0.05) is 30.3 Å². The molecule has 1 atom stereocenters. The Bertz CT molecular complexity index is 583. The summed E-state index contributed by atoms with van der Waals surface area (Å²) in [5, 5.41) is 6.15. The molecule has 1 unspecified atom stereocenters. The van der Waals surface area contributed by atoms with Gasteiger partial charge in [0.25, 0.3) is 0 Å². The van der Waals surface area contributed by atoms with E-state index in [4.69, 9.17) is 0 Å². The number of hydrogen-bond donors (Lipinski definition) is 2. The lowest BCUT2D eigenvalue weighted by atomic mass is 10.0. The number of carbonyl (C=O) groups is 1. The molecule has 1 aliphatic rings. The van der Waals surface area contributed by atoms with E-state index in [9.17, 15) is 4.79 Å². The van der Waals surface area contributed by atoms with Gasteiger partial charge in [-0.15, -0.1) is 0 Å². The van der Waals surface area contributed by atoms with Gasteiger partial charge in [0.15, 0.2) is 0 Å². The number of anilines is 2. The normalized spacial score (nSPS) is 17.3. The number of amides is 1. The highest BCUT2D eigenvalue weighted by molar-refractivity contribution is 6.02. The third-order valence-corrected chi connectivity index (χ3v) is 3.29. The van der Waals surface area contributed by atoms with Gasteiger partial charge in [0.1, 0.15) is 6.04 Å². The zero-order valence-corrected chi connectivity index (χ0v) is 10.5. The average Bonchev–Trinajstić information content (AvgIpc) is 2.46. The zero-order chi connectivity index (χ0) is 13.1. The van der Waals surface area contributed by atoms with Crippen molar-refractivity contribution in [2.75, 3.05) is 10.6 Å². The predicted molar refractivity (Wildman–Crippen MR) is 75.0 cm³/mol. The van der Waals surface area contributed by atoms with Crippen molar-refractivity contribution in [3.8, 4) is 0 Å². The number of aryl methyl sites for hydroxylation is 1. The van der Waals surface area contributed by atoms with Crippen LogP contribution in [0.2, 0.25) is 0 Å². The van der Waals surface area contributed by atoms with Crippen LogP contribution in [0.3, 0.4) is 0 Å². The van der Waals surface area contributed by atoms with Crippen LogP contribution in [0.1, 0.15) is 12.0 Å². The highest BCUT2D eigenvalue weighted by atomic mass is 16.2. The summed E-state index contributed by atoms with van der Waals surface area (Å²) in [5.41, 5.74) is 2.94. The molecule has 0 bridgehead atoms. The first-order valence-corrected chi connectivity index (χ1v) is 6.38. The fourth-order valence-electron chi connectivity index (χ4n) is 2.25. The van der Waals surface area contributed by atoms with Crippen LogP contribution in [-0.2, 0) is 11.2 Å². The van der Waals surface area contributed by atoms with Crippen LogP contribution in [0.25, 0.3) is 0 Å². The maximum atomic E-state index is 12.0. The molecule has 2 aromatic rings. The van der Waals surface area contributed by atoms with E-state index in [2.05, 4.69) is 27.8 Å².